The maximum absolute atomic E-state index is 13.4. The van der Waals surface area contributed by atoms with Gasteiger partial charge in [0.1, 0.15) is 11.5 Å². The van der Waals surface area contributed by atoms with Gasteiger partial charge in [0.25, 0.3) is 11.8 Å². The van der Waals surface area contributed by atoms with E-state index in [2.05, 4.69) is 5.32 Å². The van der Waals surface area contributed by atoms with E-state index < -0.39 is 11.7 Å². The molecule has 0 spiro atoms. The van der Waals surface area contributed by atoms with Crippen LogP contribution in [-0.2, 0) is 9.59 Å². The summed E-state index contributed by atoms with van der Waals surface area (Å²) in [5, 5.41) is 4.76. The Morgan fingerprint density at radius 1 is 1.13 bits per heavy atom. The van der Waals surface area contributed by atoms with E-state index in [1.54, 1.807) is 32.0 Å². The monoisotopic (exact) mass is 330 g/mol. The highest BCUT2D eigenvalue weighted by molar-refractivity contribution is 7.11. The number of hydrogen-bond acceptors (Lipinski definition) is 4. The maximum atomic E-state index is 13.4. The first-order valence-corrected chi connectivity index (χ1v) is 8.05. The molecule has 1 aromatic carbocycles. The summed E-state index contributed by atoms with van der Waals surface area (Å²) in [4.78, 5) is 27.2. The van der Waals surface area contributed by atoms with Crippen LogP contribution in [0.2, 0.25) is 0 Å². The third-order valence-corrected chi connectivity index (χ3v) is 4.38. The molecule has 1 aromatic heterocycles. The number of amides is 2. The lowest BCUT2D eigenvalue weighted by Crippen LogP contribution is -2.38. The number of benzene rings is 1. The third kappa shape index (κ3) is 2.77. The number of anilines is 1. The van der Waals surface area contributed by atoms with Crippen molar-refractivity contribution in [2.75, 3.05) is 5.32 Å². The van der Waals surface area contributed by atoms with Gasteiger partial charge in [-0.05, 0) is 43.5 Å². The number of thiophene rings is 1. The van der Waals surface area contributed by atoms with E-state index >= 15 is 0 Å². The maximum Gasteiger partial charge on any atom is 0.278 e. The average molecular weight is 330 g/mol. The van der Waals surface area contributed by atoms with Gasteiger partial charge in [0.15, 0.2) is 0 Å². The molecular formula is C17H15FN2O2S. The smallest absolute Gasteiger partial charge is 0.278 e. The van der Waals surface area contributed by atoms with Gasteiger partial charge in [-0.2, -0.15) is 0 Å². The van der Waals surface area contributed by atoms with Crippen LogP contribution in [0.25, 0.3) is 5.57 Å². The molecule has 2 heterocycles. The molecule has 2 aromatic rings. The zero-order chi connectivity index (χ0) is 16.6. The van der Waals surface area contributed by atoms with Crippen molar-refractivity contribution in [2.24, 2.45) is 0 Å². The van der Waals surface area contributed by atoms with Crippen LogP contribution in [0.4, 0.5) is 10.1 Å². The van der Waals surface area contributed by atoms with Crippen LogP contribution in [0.5, 0.6) is 0 Å². The lowest BCUT2D eigenvalue weighted by atomic mass is 10.2. The molecule has 0 saturated carbocycles. The van der Waals surface area contributed by atoms with Gasteiger partial charge in [0.05, 0.1) is 5.57 Å². The van der Waals surface area contributed by atoms with E-state index in [4.69, 9.17) is 0 Å². The minimum absolute atomic E-state index is 0.191. The third-order valence-electron chi connectivity index (χ3n) is 3.49. The zero-order valence-corrected chi connectivity index (χ0v) is 13.5. The second-order valence-electron chi connectivity index (χ2n) is 5.44. The summed E-state index contributed by atoms with van der Waals surface area (Å²) in [5.41, 5.74) is 0.959. The van der Waals surface area contributed by atoms with Gasteiger partial charge in [-0.15, -0.1) is 11.3 Å². The van der Waals surface area contributed by atoms with Crippen LogP contribution < -0.4 is 5.32 Å². The van der Waals surface area contributed by atoms with Gasteiger partial charge >= 0.3 is 0 Å². The molecule has 1 N–H and O–H groups in total. The standard InChI is InChI=1S/C17H15FN2O2S/c1-10(2)20-16(21)14(13-7-4-8-23-13)15(17(20)22)19-12-6-3-5-11(18)9-12/h3-10,19H,1-2H3. The molecule has 118 valence electrons. The normalized spacial score (nSPS) is 15.0. The highest BCUT2D eigenvalue weighted by Gasteiger charge is 2.40. The molecule has 0 radical (unpaired) electrons. The molecule has 0 unspecified atom stereocenters. The number of rotatable bonds is 4. The van der Waals surface area contributed by atoms with Gasteiger partial charge in [0.2, 0.25) is 0 Å². The number of carbonyl (C=O) groups is 2. The Hall–Kier alpha value is -2.47. The van der Waals surface area contributed by atoms with Crippen LogP contribution in [0, 0.1) is 5.82 Å². The quantitative estimate of drug-likeness (QED) is 0.873. The van der Waals surface area contributed by atoms with Gasteiger partial charge in [-0.25, -0.2) is 4.39 Å². The number of nitrogens with one attached hydrogen (secondary N) is 1. The molecule has 0 saturated heterocycles. The van der Waals surface area contributed by atoms with E-state index in [1.807, 2.05) is 11.4 Å². The molecule has 2 amide bonds. The van der Waals surface area contributed by atoms with Crippen molar-refractivity contribution in [3.05, 3.63) is 58.2 Å². The summed E-state index contributed by atoms with van der Waals surface area (Å²) in [7, 11) is 0. The molecule has 23 heavy (non-hydrogen) atoms. The summed E-state index contributed by atoms with van der Waals surface area (Å²) >= 11 is 1.39. The summed E-state index contributed by atoms with van der Waals surface area (Å²) in [6, 6.07) is 9.17. The van der Waals surface area contributed by atoms with Crippen molar-refractivity contribution in [2.45, 2.75) is 19.9 Å². The van der Waals surface area contributed by atoms with Crippen molar-refractivity contribution in [1.82, 2.24) is 4.90 Å². The van der Waals surface area contributed by atoms with E-state index in [0.717, 1.165) is 0 Å². The number of hydrogen-bond donors (Lipinski definition) is 1. The lowest BCUT2D eigenvalue weighted by Gasteiger charge is -2.19. The number of imide groups is 1. The first-order chi connectivity index (χ1) is 11.0. The molecule has 6 heteroatoms. The minimum atomic E-state index is -0.411. The molecule has 1 aliphatic rings. The summed E-state index contributed by atoms with van der Waals surface area (Å²) in [6.45, 7) is 3.57. The molecule has 4 nitrogen and oxygen atoms in total. The van der Waals surface area contributed by atoms with Crippen molar-refractivity contribution in [1.29, 1.82) is 0 Å². The van der Waals surface area contributed by atoms with E-state index in [0.29, 0.717) is 16.1 Å². The molecule has 1 aliphatic heterocycles. The fourth-order valence-electron chi connectivity index (χ4n) is 2.49. The van der Waals surface area contributed by atoms with Crippen LogP contribution in [0.15, 0.2) is 47.5 Å². The molecule has 0 aliphatic carbocycles. The zero-order valence-electron chi connectivity index (χ0n) is 12.7. The SMILES string of the molecule is CC(C)N1C(=O)C(Nc2cccc(F)c2)=C(c2cccs2)C1=O. The minimum Gasteiger partial charge on any atom is -0.350 e. The Balaban J connectivity index is 2.07. The summed E-state index contributed by atoms with van der Waals surface area (Å²) in [5.74, 6) is -1.13. The first-order valence-electron chi connectivity index (χ1n) is 7.17. The fourth-order valence-corrected chi connectivity index (χ4v) is 3.26. The van der Waals surface area contributed by atoms with Crippen molar-refractivity contribution < 1.29 is 14.0 Å². The number of halogens is 1. The van der Waals surface area contributed by atoms with Crippen LogP contribution in [0.3, 0.4) is 0 Å². The Labute approximate surface area is 137 Å². The van der Waals surface area contributed by atoms with E-state index in [1.165, 1.54) is 28.4 Å². The molecule has 0 fully saturated rings. The fraction of sp³-hybridized carbons (Fsp3) is 0.176. The molecular weight excluding hydrogens is 315 g/mol. The van der Waals surface area contributed by atoms with Crippen molar-refractivity contribution in [3.63, 3.8) is 0 Å². The Kier molecular flexibility index (Phi) is 4.00. The summed E-state index contributed by atoms with van der Waals surface area (Å²) in [6.07, 6.45) is 0. The number of nitrogens with zero attached hydrogens (tertiary/aromatic N) is 1. The predicted molar refractivity (Wildman–Crippen MR) is 88.3 cm³/mol. The topological polar surface area (TPSA) is 49.4 Å². The van der Waals surface area contributed by atoms with Gasteiger partial charge in [-0.1, -0.05) is 12.1 Å². The second-order valence-corrected chi connectivity index (χ2v) is 6.38. The number of carbonyl (C=O) groups excluding carboxylic acids is 2. The lowest BCUT2D eigenvalue weighted by molar-refractivity contribution is -0.138. The Bertz CT molecular complexity index is 797. The average Bonchev–Trinajstić information content (AvgIpc) is 3.07. The molecule has 3 rings (SSSR count). The Morgan fingerprint density at radius 3 is 2.52 bits per heavy atom. The van der Waals surface area contributed by atoms with Crippen LogP contribution in [-0.4, -0.2) is 22.8 Å². The Morgan fingerprint density at radius 2 is 1.91 bits per heavy atom. The molecule has 0 atom stereocenters. The first kappa shape index (κ1) is 15.4. The summed E-state index contributed by atoms with van der Waals surface area (Å²) < 4.78 is 13.4. The van der Waals surface area contributed by atoms with Crippen LogP contribution >= 0.6 is 11.3 Å². The highest BCUT2D eigenvalue weighted by atomic mass is 32.1. The highest BCUT2D eigenvalue weighted by Crippen LogP contribution is 2.33. The van der Waals surface area contributed by atoms with Gasteiger partial charge in [0, 0.05) is 16.6 Å². The van der Waals surface area contributed by atoms with Crippen molar-refractivity contribution in [3.8, 4) is 0 Å². The van der Waals surface area contributed by atoms with Gasteiger partial charge in [-0.3, -0.25) is 14.5 Å². The van der Waals surface area contributed by atoms with Gasteiger partial charge < -0.3 is 5.32 Å². The predicted octanol–water partition coefficient (Wildman–Crippen LogP) is 3.49. The largest absolute Gasteiger partial charge is 0.350 e. The second kappa shape index (κ2) is 5.96. The van der Waals surface area contributed by atoms with Crippen molar-refractivity contribution >= 4 is 34.4 Å². The van der Waals surface area contributed by atoms with E-state index in [-0.39, 0.29) is 17.6 Å². The molecule has 0 bridgehead atoms. The van der Waals surface area contributed by atoms with Crippen LogP contribution in [0.1, 0.15) is 18.7 Å². The van der Waals surface area contributed by atoms with E-state index in [9.17, 15) is 14.0 Å².